The molecule has 5 nitrogen and oxygen atoms in total. The van der Waals surface area contributed by atoms with Crippen molar-refractivity contribution in [2.24, 2.45) is 0 Å². The number of benzene rings is 2. The first-order valence-electron chi connectivity index (χ1n) is 6.73. The molecule has 0 aliphatic heterocycles. The molecule has 0 bridgehead atoms. The van der Waals surface area contributed by atoms with Crippen LogP contribution in [0.3, 0.4) is 0 Å². The molecule has 23 heavy (non-hydrogen) atoms. The molecule has 0 fully saturated rings. The van der Waals surface area contributed by atoms with E-state index in [1.54, 1.807) is 30.3 Å². The fraction of sp³-hybridized carbons (Fsp3) is 0.0588. The lowest BCUT2D eigenvalue weighted by molar-refractivity contribution is -0.112. The highest BCUT2D eigenvalue weighted by Crippen LogP contribution is 2.23. The van der Waals surface area contributed by atoms with Crippen LogP contribution < -0.4 is 10.6 Å². The third kappa shape index (κ3) is 4.25. The van der Waals surface area contributed by atoms with E-state index < -0.39 is 5.91 Å². The predicted octanol–water partition coefficient (Wildman–Crippen LogP) is 3.81. The molecule has 0 saturated heterocycles. The maximum Gasteiger partial charge on any atom is 0.267 e. The van der Waals surface area contributed by atoms with E-state index in [0.717, 1.165) is 5.56 Å². The summed E-state index contributed by atoms with van der Waals surface area (Å²) in [5, 5.41) is 24.5. The Hall–Kier alpha value is -2.97. The van der Waals surface area contributed by atoms with E-state index in [1.165, 1.54) is 18.3 Å². The van der Waals surface area contributed by atoms with Gasteiger partial charge in [0.2, 0.25) is 0 Å². The molecule has 2 aromatic rings. The normalized spacial score (nSPS) is 10.7. The van der Waals surface area contributed by atoms with Gasteiger partial charge in [0, 0.05) is 28.7 Å². The zero-order valence-electron chi connectivity index (χ0n) is 12.3. The summed E-state index contributed by atoms with van der Waals surface area (Å²) in [6.07, 6.45) is 1.32. The second kappa shape index (κ2) is 7.34. The van der Waals surface area contributed by atoms with Crippen molar-refractivity contribution in [2.75, 3.05) is 10.6 Å². The molecule has 0 saturated carbocycles. The molecule has 0 aliphatic carbocycles. The lowest BCUT2D eigenvalue weighted by atomic mass is 10.2. The highest BCUT2D eigenvalue weighted by atomic mass is 35.5. The van der Waals surface area contributed by atoms with E-state index in [-0.39, 0.29) is 11.3 Å². The van der Waals surface area contributed by atoms with Gasteiger partial charge in [0.1, 0.15) is 17.4 Å². The van der Waals surface area contributed by atoms with Gasteiger partial charge >= 0.3 is 0 Å². The van der Waals surface area contributed by atoms with E-state index in [4.69, 9.17) is 16.9 Å². The number of rotatable bonds is 4. The third-order valence-electron chi connectivity index (χ3n) is 3.11. The van der Waals surface area contributed by atoms with E-state index in [1.807, 2.05) is 13.0 Å². The van der Waals surface area contributed by atoms with Gasteiger partial charge in [0.25, 0.3) is 5.91 Å². The summed E-state index contributed by atoms with van der Waals surface area (Å²) < 4.78 is 0. The molecular weight excluding hydrogens is 314 g/mol. The Morgan fingerprint density at radius 3 is 2.74 bits per heavy atom. The van der Waals surface area contributed by atoms with Gasteiger partial charge in [-0.2, -0.15) is 5.26 Å². The van der Waals surface area contributed by atoms with E-state index >= 15 is 0 Å². The lowest BCUT2D eigenvalue weighted by Crippen LogP contribution is -2.14. The number of carbonyl (C=O) groups is 1. The first-order chi connectivity index (χ1) is 11.0. The molecule has 0 unspecified atom stereocenters. The van der Waals surface area contributed by atoms with Crippen LogP contribution in [-0.2, 0) is 4.79 Å². The molecule has 3 N–H and O–H groups in total. The van der Waals surface area contributed by atoms with Gasteiger partial charge in [-0.15, -0.1) is 0 Å². The van der Waals surface area contributed by atoms with Crippen molar-refractivity contribution in [3.8, 4) is 11.8 Å². The van der Waals surface area contributed by atoms with Gasteiger partial charge in [0.05, 0.1) is 0 Å². The Morgan fingerprint density at radius 2 is 2.04 bits per heavy atom. The summed E-state index contributed by atoms with van der Waals surface area (Å²) in [4.78, 5) is 12.1. The number of nitriles is 1. The van der Waals surface area contributed by atoms with Crippen LogP contribution in [0.4, 0.5) is 11.4 Å². The van der Waals surface area contributed by atoms with Crippen molar-refractivity contribution in [3.63, 3.8) is 0 Å². The summed E-state index contributed by atoms with van der Waals surface area (Å²) in [6.45, 7) is 1.83. The number of hydrogen-bond acceptors (Lipinski definition) is 4. The number of aromatic hydroxyl groups is 1. The Kier molecular flexibility index (Phi) is 5.23. The SMILES string of the molecule is Cc1c(Cl)cccc1N/C=C(/C#N)C(=O)Nc1cccc(O)c1. The molecule has 6 heteroatoms. The van der Waals surface area contributed by atoms with E-state index in [0.29, 0.717) is 16.4 Å². The molecule has 116 valence electrons. The predicted molar refractivity (Wildman–Crippen MR) is 90.2 cm³/mol. The minimum absolute atomic E-state index is 0.0259. The van der Waals surface area contributed by atoms with Gasteiger partial charge in [-0.3, -0.25) is 4.79 Å². The summed E-state index contributed by atoms with van der Waals surface area (Å²) in [7, 11) is 0. The van der Waals surface area contributed by atoms with Crippen molar-refractivity contribution < 1.29 is 9.90 Å². The highest BCUT2D eigenvalue weighted by Gasteiger charge is 2.10. The molecule has 0 aliphatic rings. The van der Waals surface area contributed by atoms with Crippen molar-refractivity contribution >= 4 is 28.9 Å². The van der Waals surface area contributed by atoms with Crippen LogP contribution in [0.2, 0.25) is 5.02 Å². The number of amides is 1. The molecule has 0 heterocycles. The first kappa shape index (κ1) is 16.4. The van der Waals surface area contributed by atoms with Crippen LogP contribution in [0.25, 0.3) is 0 Å². The van der Waals surface area contributed by atoms with Crippen LogP contribution in [0, 0.1) is 18.3 Å². The van der Waals surface area contributed by atoms with E-state index in [2.05, 4.69) is 10.6 Å². The molecule has 0 aromatic heterocycles. The first-order valence-corrected chi connectivity index (χ1v) is 7.11. The zero-order valence-corrected chi connectivity index (χ0v) is 13.1. The molecule has 0 atom stereocenters. The van der Waals surface area contributed by atoms with Crippen LogP contribution in [0.1, 0.15) is 5.56 Å². The van der Waals surface area contributed by atoms with Crippen LogP contribution in [0.15, 0.2) is 54.2 Å². The molecule has 2 aromatic carbocycles. The molecule has 0 radical (unpaired) electrons. The quantitative estimate of drug-likeness (QED) is 0.589. The van der Waals surface area contributed by atoms with Crippen LogP contribution in [-0.4, -0.2) is 11.0 Å². The molecule has 0 spiro atoms. The number of phenols is 1. The number of carbonyl (C=O) groups excluding carboxylic acids is 1. The van der Waals surface area contributed by atoms with Gasteiger partial charge < -0.3 is 15.7 Å². The van der Waals surface area contributed by atoms with Crippen LogP contribution >= 0.6 is 11.6 Å². The van der Waals surface area contributed by atoms with Gasteiger partial charge in [-0.1, -0.05) is 23.7 Å². The summed E-state index contributed by atoms with van der Waals surface area (Å²) in [6, 6.07) is 13.2. The maximum absolute atomic E-state index is 12.1. The second-order valence-corrected chi connectivity index (χ2v) is 5.14. The van der Waals surface area contributed by atoms with Crippen molar-refractivity contribution in [1.29, 1.82) is 5.26 Å². The number of nitrogens with one attached hydrogen (secondary N) is 2. The fourth-order valence-electron chi connectivity index (χ4n) is 1.84. The Morgan fingerprint density at radius 1 is 1.30 bits per heavy atom. The van der Waals surface area contributed by atoms with Gasteiger partial charge in [-0.05, 0) is 36.8 Å². The summed E-state index contributed by atoms with van der Waals surface area (Å²) in [5.41, 5.74) is 1.81. The van der Waals surface area contributed by atoms with Gasteiger partial charge in [0.15, 0.2) is 0 Å². The Labute approximate surface area is 138 Å². The van der Waals surface area contributed by atoms with Crippen molar-refractivity contribution in [3.05, 3.63) is 64.8 Å². The van der Waals surface area contributed by atoms with Crippen LogP contribution in [0.5, 0.6) is 5.75 Å². The molecular formula is C17H14ClN3O2. The summed E-state index contributed by atoms with van der Waals surface area (Å²) >= 11 is 6.02. The number of halogens is 1. The van der Waals surface area contributed by atoms with E-state index in [9.17, 15) is 9.90 Å². The largest absolute Gasteiger partial charge is 0.508 e. The average molecular weight is 328 g/mol. The lowest BCUT2D eigenvalue weighted by Gasteiger charge is -2.08. The third-order valence-corrected chi connectivity index (χ3v) is 3.52. The monoisotopic (exact) mass is 327 g/mol. The van der Waals surface area contributed by atoms with Crippen molar-refractivity contribution in [1.82, 2.24) is 0 Å². The summed E-state index contributed by atoms with van der Waals surface area (Å²) in [5.74, 6) is -0.553. The Bertz CT molecular complexity index is 810. The fourth-order valence-corrected chi connectivity index (χ4v) is 2.02. The number of phenolic OH excluding ortho intramolecular Hbond substituents is 1. The number of nitrogens with zero attached hydrogens (tertiary/aromatic N) is 1. The molecule has 1 amide bonds. The highest BCUT2D eigenvalue weighted by molar-refractivity contribution is 6.31. The number of anilines is 2. The Balaban J connectivity index is 2.14. The second-order valence-electron chi connectivity index (χ2n) is 4.73. The topological polar surface area (TPSA) is 85.2 Å². The molecule has 2 rings (SSSR count). The smallest absolute Gasteiger partial charge is 0.267 e. The average Bonchev–Trinajstić information content (AvgIpc) is 2.52. The standard InChI is InChI=1S/C17H14ClN3O2/c1-11-15(18)6-3-7-16(11)20-10-12(9-19)17(23)21-13-4-2-5-14(22)8-13/h2-8,10,20,22H,1H3,(H,21,23)/b12-10-. The van der Waals surface area contributed by atoms with Gasteiger partial charge in [-0.25, -0.2) is 0 Å². The maximum atomic E-state index is 12.1. The number of hydrogen-bond donors (Lipinski definition) is 3. The zero-order chi connectivity index (χ0) is 16.8. The van der Waals surface area contributed by atoms with Crippen molar-refractivity contribution in [2.45, 2.75) is 6.92 Å². The minimum atomic E-state index is -0.578. The minimum Gasteiger partial charge on any atom is -0.508 e.